The summed E-state index contributed by atoms with van der Waals surface area (Å²) >= 11 is 0. The van der Waals surface area contributed by atoms with Crippen LogP contribution in [0.5, 0.6) is 0 Å². The molecule has 6 nitrogen and oxygen atoms in total. The topological polar surface area (TPSA) is 19.4 Å². The maximum atomic E-state index is 2.33. The third-order valence-corrected chi connectivity index (χ3v) is 7.45. The first-order valence-corrected chi connectivity index (χ1v) is 7.58. The van der Waals surface area contributed by atoms with Gasteiger partial charge >= 0.3 is 0 Å². The lowest BCUT2D eigenvalue weighted by Crippen LogP contribution is -2.51. The van der Waals surface area contributed by atoms with Crippen LogP contribution in [0.15, 0.2) is 0 Å². The van der Waals surface area contributed by atoms with E-state index in [0.717, 1.165) is 0 Å². The molecule has 0 saturated carbocycles. The number of nitrogens with zero attached hydrogens (tertiary/aromatic N) is 6. The van der Waals surface area contributed by atoms with Gasteiger partial charge < -0.3 is 0 Å². The molecule has 0 spiro atoms. The fourth-order valence-electron chi connectivity index (χ4n) is 1.87. The standard InChI is InChI=1S/C8H24N6P2/c1-9(2)15-11(5)13(7)16(10(3)4)14(8)12(15)6/h1-8H3. The molecule has 96 valence electrons. The van der Waals surface area contributed by atoms with Crippen LogP contribution in [0.2, 0.25) is 0 Å². The van der Waals surface area contributed by atoms with Gasteiger partial charge in [-0.2, -0.15) is 19.1 Å². The fraction of sp³-hybridized carbons (Fsp3) is 1.00. The molecule has 0 radical (unpaired) electrons. The van der Waals surface area contributed by atoms with E-state index in [4.69, 9.17) is 0 Å². The monoisotopic (exact) mass is 266 g/mol. The molecule has 1 rings (SSSR count). The van der Waals surface area contributed by atoms with Crippen molar-refractivity contribution in [1.29, 1.82) is 0 Å². The van der Waals surface area contributed by atoms with Crippen molar-refractivity contribution in [3.63, 3.8) is 0 Å². The average Bonchev–Trinajstić information content (AvgIpc) is 2.14. The summed E-state index contributed by atoms with van der Waals surface area (Å²) in [7, 11) is 16.3. The average molecular weight is 266 g/mol. The van der Waals surface area contributed by atoms with E-state index < -0.39 is 16.7 Å². The van der Waals surface area contributed by atoms with Gasteiger partial charge in [0, 0.05) is 28.2 Å². The van der Waals surface area contributed by atoms with Crippen molar-refractivity contribution in [2.24, 2.45) is 0 Å². The van der Waals surface area contributed by atoms with E-state index in [9.17, 15) is 0 Å². The van der Waals surface area contributed by atoms with Crippen LogP contribution in [0.25, 0.3) is 0 Å². The third kappa shape index (κ3) is 2.55. The molecule has 1 heterocycles. The summed E-state index contributed by atoms with van der Waals surface area (Å²) in [6, 6.07) is 0. The van der Waals surface area contributed by atoms with E-state index in [1.807, 2.05) is 0 Å². The molecule has 0 aromatic heterocycles. The lowest BCUT2D eigenvalue weighted by Gasteiger charge is -2.56. The van der Waals surface area contributed by atoms with Crippen molar-refractivity contribution in [3.05, 3.63) is 0 Å². The highest BCUT2D eigenvalue weighted by Gasteiger charge is 2.41. The van der Waals surface area contributed by atoms with E-state index in [-0.39, 0.29) is 0 Å². The fourth-order valence-corrected chi connectivity index (χ4v) is 6.48. The minimum absolute atomic E-state index is 0.442. The van der Waals surface area contributed by atoms with Crippen molar-refractivity contribution in [2.45, 2.75) is 0 Å². The first-order valence-electron chi connectivity index (χ1n) is 5.18. The summed E-state index contributed by atoms with van der Waals surface area (Å²) in [5.41, 5.74) is 0. The molecule has 1 saturated heterocycles. The van der Waals surface area contributed by atoms with Gasteiger partial charge in [0.1, 0.15) is 16.7 Å². The lowest BCUT2D eigenvalue weighted by molar-refractivity contribution is 0.115. The molecule has 0 aromatic rings. The predicted octanol–water partition coefficient (Wildman–Crippen LogP) is 1.13. The smallest absolute Gasteiger partial charge is 0.148 e. The van der Waals surface area contributed by atoms with E-state index >= 15 is 0 Å². The van der Waals surface area contributed by atoms with Gasteiger partial charge in [-0.25, -0.2) is 0 Å². The van der Waals surface area contributed by atoms with Crippen LogP contribution in [0.1, 0.15) is 0 Å². The Balaban J connectivity index is 2.94. The maximum absolute atomic E-state index is 2.33. The molecule has 0 aromatic carbocycles. The minimum atomic E-state index is -0.442. The quantitative estimate of drug-likeness (QED) is 0.693. The highest BCUT2D eigenvalue weighted by atomic mass is 31.2. The van der Waals surface area contributed by atoms with Crippen molar-refractivity contribution in [1.82, 2.24) is 28.5 Å². The molecule has 1 fully saturated rings. The Morgan fingerprint density at radius 2 is 0.750 bits per heavy atom. The van der Waals surface area contributed by atoms with Crippen LogP contribution >= 0.6 is 16.7 Å². The Labute approximate surface area is 102 Å². The molecule has 1 aliphatic heterocycles. The minimum Gasteiger partial charge on any atom is -0.262 e. The SMILES string of the molecule is CN(C)P1N(C)N(C)P(N(C)C)N(C)N1C. The first kappa shape index (κ1) is 14.7. The summed E-state index contributed by atoms with van der Waals surface area (Å²) < 4.78 is 13.9. The number of hydrazine groups is 2. The summed E-state index contributed by atoms with van der Waals surface area (Å²) in [5, 5.41) is 0. The Kier molecular flexibility index (Phi) is 5.05. The molecule has 16 heavy (non-hydrogen) atoms. The second-order valence-corrected chi connectivity index (χ2v) is 9.18. The van der Waals surface area contributed by atoms with Crippen LogP contribution in [-0.2, 0) is 0 Å². The van der Waals surface area contributed by atoms with E-state index in [2.05, 4.69) is 84.8 Å². The molecule has 0 amide bonds. The third-order valence-electron chi connectivity index (χ3n) is 2.59. The Morgan fingerprint density at radius 3 is 0.875 bits per heavy atom. The van der Waals surface area contributed by atoms with Crippen molar-refractivity contribution in [3.8, 4) is 0 Å². The van der Waals surface area contributed by atoms with Crippen LogP contribution in [0.3, 0.4) is 0 Å². The molecule has 0 bridgehead atoms. The van der Waals surface area contributed by atoms with Crippen LogP contribution in [-0.4, -0.2) is 84.8 Å². The van der Waals surface area contributed by atoms with Gasteiger partial charge in [-0.05, 0) is 28.2 Å². The molecule has 8 heteroatoms. The summed E-state index contributed by atoms with van der Waals surface area (Å²) in [6.45, 7) is 0. The highest BCUT2D eigenvalue weighted by Crippen LogP contribution is 2.61. The Bertz CT molecular complexity index is 199. The van der Waals surface area contributed by atoms with Crippen LogP contribution in [0, 0.1) is 0 Å². The van der Waals surface area contributed by atoms with Crippen LogP contribution < -0.4 is 0 Å². The zero-order valence-corrected chi connectivity index (χ0v) is 13.4. The van der Waals surface area contributed by atoms with Crippen LogP contribution in [0.4, 0.5) is 0 Å². The van der Waals surface area contributed by atoms with Gasteiger partial charge in [-0.3, -0.25) is 9.34 Å². The molecular weight excluding hydrogens is 242 g/mol. The highest BCUT2D eigenvalue weighted by molar-refractivity contribution is 7.56. The molecule has 0 atom stereocenters. The molecular formula is C8H24N6P2. The maximum Gasteiger partial charge on any atom is 0.148 e. The number of hydrogen-bond donors (Lipinski definition) is 0. The van der Waals surface area contributed by atoms with Gasteiger partial charge in [0.2, 0.25) is 0 Å². The van der Waals surface area contributed by atoms with Gasteiger partial charge in [0.05, 0.1) is 0 Å². The molecule has 1 aliphatic rings. The largest absolute Gasteiger partial charge is 0.262 e. The van der Waals surface area contributed by atoms with E-state index in [1.165, 1.54) is 0 Å². The zero-order chi connectivity index (χ0) is 12.6. The lowest BCUT2D eigenvalue weighted by atomic mass is 11.3. The molecule has 0 unspecified atom stereocenters. The second-order valence-electron chi connectivity index (χ2n) is 4.19. The Hall–Kier alpha value is 0.620. The van der Waals surface area contributed by atoms with E-state index in [0.29, 0.717) is 0 Å². The molecule has 0 N–H and O–H groups in total. The second kappa shape index (κ2) is 5.51. The van der Waals surface area contributed by atoms with Crippen molar-refractivity contribution >= 4 is 16.7 Å². The summed E-state index contributed by atoms with van der Waals surface area (Å²) in [6.07, 6.45) is 0. The normalized spacial score (nSPS) is 31.9. The van der Waals surface area contributed by atoms with Gasteiger partial charge in [-0.15, -0.1) is 0 Å². The van der Waals surface area contributed by atoms with E-state index in [1.54, 1.807) is 0 Å². The zero-order valence-electron chi connectivity index (χ0n) is 11.6. The Morgan fingerprint density at radius 1 is 0.562 bits per heavy atom. The van der Waals surface area contributed by atoms with Gasteiger partial charge in [0.25, 0.3) is 0 Å². The first-order chi connectivity index (χ1) is 7.29. The van der Waals surface area contributed by atoms with Gasteiger partial charge in [-0.1, -0.05) is 0 Å². The van der Waals surface area contributed by atoms with Crippen molar-refractivity contribution in [2.75, 3.05) is 56.4 Å². The number of rotatable bonds is 2. The summed E-state index contributed by atoms with van der Waals surface area (Å²) in [5.74, 6) is 0. The van der Waals surface area contributed by atoms with Crippen molar-refractivity contribution < 1.29 is 0 Å². The number of hydrogen-bond acceptors (Lipinski definition) is 6. The van der Waals surface area contributed by atoms with Gasteiger partial charge in [0.15, 0.2) is 0 Å². The predicted molar refractivity (Wildman–Crippen MR) is 72.3 cm³/mol. The molecule has 0 aliphatic carbocycles. The summed E-state index contributed by atoms with van der Waals surface area (Å²) in [4.78, 5) is 0.